The maximum atomic E-state index is 12.6. The molecule has 0 saturated carbocycles. The SMILES string of the molecule is CC(C)CC(NC(=O)CN)C(=O)NC(CCCCN)C(=O)NC(C)C(=O)O. The van der Waals surface area contributed by atoms with Gasteiger partial charge in [-0.15, -0.1) is 0 Å². The molecule has 3 atom stereocenters. The molecular weight excluding hydrogens is 354 g/mol. The maximum Gasteiger partial charge on any atom is 0.325 e. The highest BCUT2D eigenvalue weighted by Gasteiger charge is 2.28. The van der Waals surface area contributed by atoms with Gasteiger partial charge < -0.3 is 32.5 Å². The van der Waals surface area contributed by atoms with Gasteiger partial charge in [0.1, 0.15) is 18.1 Å². The molecule has 0 bridgehead atoms. The number of hydrogen-bond acceptors (Lipinski definition) is 6. The van der Waals surface area contributed by atoms with Gasteiger partial charge in [-0.2, -0.15) is 0 Å². The molecular formula is C17H33N5O5. The summed E-state index contributed by atoms with van der Waals surface area (Å²) in [5.74, 6) is -2.64. The highest BCUT2D eigenvalue weighted by molar-refractivity contribution is 5.93. The van der Waals surface area contributed by atoms with Crippen LogP contribution in [-0.2, 0) is 19.2 Å². The minimum atomic E-state index is -1.18. The van der Waals surface area contributed by atoms with Crippen molar-refractivity contribution in [1.82, 2.24) is 16.0 Å². The second-order valence-electron chi connectivity index (χ2n) is 6.87. The lowest BCUT2D eigenvalue weighted by atomic mass is 10.0. The zero-order valence-electron chi connectivity index (χ0n) is 16.3. The number of nitrogens with one attached hydrogen (secondary N) is 3. The van der Waals surface area contributed by atoms with Gasteiger partial charge in [0.25, 0.3) is 0 Å². The van der Waals surface area contributed by atoms with Crippen molar-refractivity contribution in [2.24, 2.45) is 17.4 Å². The number of amides is 3. The molecule has 0 aliphatic rings. The third kappa shape index (κ3) is 10.5. The van der Waals surface area contributed by atoms with Crippen LogP contribution in [-0.4, -0.2) is 60.0 Å². The first-order valence-corrected chi connectivity index (χ1v) is 9.15. The van der Waals surface area contributed by atoms with Crippen LogP contribution in [0.1, 0.15) is 46.5 Å². The molecule has 0 saturated heterocycles. The molecule has 0 rings (SSSR count). The highest BCUT2D eigenvalue weighted by Crippen LogP contribution is 2.07. The van der Waals surface area contributed by atoms with E-state index in [-0.39, 0.29) is 12.5 Å². The van der Waals surface area contributed by atoms with E-state index in [1.165, 1.54) is 6.92 Å². The first-order chi connectivity index (χ1) is 12.6. The fourth-order valence-corrected chi connectivity index (χ4v) is 2.37. The van der Waals surface area contributed by atoms with Gasteiger partial charge in [-0.25, -0.2) is 0 Å². The summed E-state index contributed by atoms with van der Waals surface area (Å²) in [4.78, 5) is 47.5. The molecule has 156 valence electrons. The second-order valence-corrected chi connectivity index (χ2v) is 6.87. The van der Waals surface area contributed by atoms with E-state index in [1.54, 1.807) is 0 Å². The summed E-state index contributed by atoms with van der Waals surface area (Å²) in [5.41, 5.74) is 10.8. The number of carboxylic acid groups (broad SMARTS) is 1. The predicted octanol–water partition coefficient (Wildman–Crippen LogP) is -1.32. The topological polar surface area (TPSA) is 177 Å². The van der Waals surface area contributed by atoms with Crippen molar-refractivity contribution in [2.45, 2.75) is 64.6 Å². The monoisotopic (exact) mass is 387 g/mol. The van der Waals surface area contributed by atoms with Crippen LogP contribution >= 0.6 is 0 Å². The van der Waals surface area contributed by atoms with Crippen LogP contribution in [0.3, 0.4) is 0 Å². The molecule has 0 spiro atoms. The van der Waals surface area contributed by atoms with E-state index in [2.05, 4.69) is 16.0 Å². The van der Waals surface area contributed by atoms with Crippen molar-refractivity contribution < 1.29 is 24.3 Å². The van der Waals surface area contributed by atoms with E-state index in [9.17, 15) is 19.2 Å². The van der Waals surface area contributed by atoms with Gasteiger partial charge in [0.15, 0.2) is 0 Å². The van der Waals surface area contributed by atoms with Crippen molar-refractivity contribution in [1.29, 1.82) is 0 Å². The van der Waals surface area contributed by atoms with Crippen LogP contribution in [0.4, 0.5) is 0 Å². The summed E-state index contributed by atoms with van der Waals surface area (Å²) in [7, 11) is 0. The van der Waals surface area contributed by atoms with Crippen LogP contribution in [0.2, 0.25) is 0 Å². The van der Waals surface area contributed by atoms with E-state index in [0.717, 1.165) is 0 Å². The van der Waals surface area contributed by atoms with Crippen LogP contribution in [0.5, 0.6) is 0 Å². The maximum absolute atomic E-state index is 12.6. The van der Waals surface area contributed by atoms with Crippen molar-refractivity contribution in [3.63, 3.8) is 0 Å². The fraction of sp³-hybridized carbons (Fsp3) is 0.765. The molecule has 10 nitrogen and oxygen atoms in total. The van der Waals surface area contributed by atoms with Crippen molar-refractivity contribution in [3.05, 3.63) is 0 Å². The molecule has 0 aliphatic heterocycles. The van der Waals surface area contributed by atoms with Crippen LogP contribution in [0.25, 0.3) is 0 Å². The summed E-state index contributed by atoms with van der Waals surface area (Å²) in [5, 5.41) is 16.5. The Hall–Kier alpha value is -2.20. The molecule has 0 aromatic rings. The van der Waals surface area contributed by atoms with E-state index in [4.69, 9.17) is 16.6 Å². The number of aliphatic carboxylic acids is 1. The zero-order valence-corrected chi connectivity index (χ0v) is 16.3. The Bertz CT molecular complexity index is 512. The number of nitrogens with two attached hydrogens (primary N) is 2. The molecule has 3 amide bonds. The van der Waals surface area contributed by atoms with Gasteiger partial charge in [-0.3, -0.25) is 19.2 Å². The summed E-state index contributed by atoms with van der Waals surface area (Å²) in [6.07, 6.45) is 1.92. The first-order valence-electron chi connectivity index (χ1n) is 9.15. The molecule has 8 N–H and O–H groups in total. The van der Waals surface area contributed by atoms with Crippen molar-refractivity contribution in [3.8, 4) is 0 Å². The largest absolute Gasteiger partial charge is 0.480 e. The van der Waals surface area contributed by atoms with Crippen LogP contribution in [0.15, 0.2) is 0 Å². The van der Waals surface area contributed by atoms with Gasteiger partial charge in [0, 0.05) is 0 Å². The number of rotatable bonds is 13. The summed E-state index contributed by atoms with van der Waals surface area (Å²) in [6.45, 7) is 5.32. The molecule has 0 heterocycles. The second kappa shape index (κ2) is 13.0. The summed E-state index contributed by atoms with van der Waals surface area (Å²) >= 11 is 0. The summed E-state index contributed by atoms with van der Waals surface area (Å²) < 4.78 is 0. The lowest BCUT2D eigenvalue weighted by Gasteiger charge is -2.24. The van der Waals surface area contributed by atoms with Crippen LogP contribution in [0, 0.1) is 5.92 Å². The fourth-order valence-electron chi connectivity index (χ4n) is 2.37. The molecule has 3 unspecified atom stereocenters. The Labute approximate surface area is 159 Å². The Morgan fingerprint density at radius 3 is 1.96 bits per heavy atom. The Morgan fingerprint density at radius 2 is 1.48 bits per heavy atom. The lowest BCUT2D eigenvalue weighted by molar-refractivity contribution is -0.141. The molecule has 0 aromatic carbocycles. The third-order valence-electron chi connectivity index (χ3n) is 3.85. The zero-order chi connectivity index (χ0) is 21.0. The minimum Gasteiger partial charge on any atom is -0.480 e. The number of carbonyl (C=O) groups excluding carboxylic acids is 3. The van der Waals surface area contributed by atoms with Crippen LogP contribution < -0.4 is 27.4 Å². The van der Waals surface area contributed by atoms with Crippen molar-refractivity contribution in [2.75, 3.05) is 13.1 Å². The minimum absolute atomic E-state index is 0.121. The quantitative estimate of drug-likeness (QED) is 0.212. The van der Waals surface area contributed by atoms with Gasteiger partial charge in [0.2, 0.25) is 17.7 Å². The third-order valence-corrected chi connectivity index (χ3v) is 3.85. The van der Waals surface area contributed by atoms with E-state index in [1.807, 2.05) is 13.8 Å². The number of unbranched alkanes of at least 4 members (excludes halogenated alkanes) is 1. The Morgan fingerprint density at radius 1 is 0.889 bits per heavy atom. The molecule has 10 heteroatoms. The number of hydrogen-bond donors (Lipinski definition) is 6. The Balaban J connectivity index is 5.15. The molecule has 27 heavy (non-hydrogen) atoms. The normalized spacial score (nSPS) is 14.1. The average molecular weight is 387 g/mol. The molecule has 0 fully saturated rings. The smallest absolute Gasteiger partial charge is 0.325 e. The molecule has 0 radical (unpaired) electrons. The first kappa shape index (κ1) is 24.8. The van der Waals surface area contributed by atoms with Gasteiger partial charge in [0.05, 0.1) is 6.54 Å². The van der Waals surface area contributed by atoms with E-state index in [0.29, 0.717) is 32.2 Å². The lowest BCUT2D eigenvalue weighted by Crippen LogP contribution is -2.56. The number of carboxylic acids is 1. The van der Waals surface area contributed by atoms with E-state index < -0.39 is 41.8 Å². The van der Waals surface area contributed by atoms with Crippen molar-refractivity contribution >= 4 is 23.7 Å². The highest BCUT2D eigenvalue weighted by atomic mass is 16.4. The summed E-state index contributed by atoms with van der Waals surface area (Å²) in [6, 6.07) is -2.84. The van der Waals surface area contributed by atoms with E-state index >= 15 is 0 Å². The van der Waals surface area contributed by atoms with Gasteiger partial charge in [-0.1, -0.05) is 13.8 Å². The molecule has 0 aliphatic carbocycles. The Kier molecular flexibility index (Phi) is 12.0. The standard InChI is InChI=1S/C17H33N5O5/c1-10(2)8-13(21-14(23)9-19)16(25)22-12(6-4-5-7-18)15(24)20-11(3)17(26)27/h10-13H,4-9,18-19H2,1-3H3,(H,20,24)(H,21,23)(H,22,25)(H,26,27). The van der Waals surface area contributed by atoms with Gasteiger partial charge in [-0.05, 0) is 45.1 Å². The predicted molar refractivity (Wildman–Crippen MR) is 101 cm³/mol. The van der Waals surface area contributed by atoms with Gasteiger partial charge >= 0.3 is 5.97 Å². The number of carbonyl (C=O) groups is 4. The molecule has 0 aromatic heterocycles. The average Bonchev–Trinajstić information content (AvgIpc) is 2.59.